The SMILES string of the molecule is COc1cc(C=NN=C2NC(=O)C(Cc3cc(Cl)ccc3Cl)S2)cc(OC)c1OC. The summed E-state index contributed by atoms with van der Waals surface area (Å²) >= 11 is 13.5. The average molecular weight is 468 g/mol. The molecule has 1 amide bonds. The second-order valence-electron chi connectivity index (χ2n) is 6.14. The Hall–Kier alpha value is -2.42. The maximum atomic E-state index is 12.3. The molecule has 1 aliphatic heterocycles. The van der Waals surface area contributed by atoms with Gasteiger partial charge in [-0.3, -0.25) is 4.79 Å². The summed E-state index contributed by atoms with van der Waals surface area (Å²) in [6, 6.07) is 8.67. The quantitative estimate of drug-likeness (QED) is 0.487. The Morgan fingerprint density at radius 3 is 2.43 bits per heavy atom. The van der Waals surface area contributed by atoms with Crippen LogP contribution in [0.2, 0.25) is 10.0 Å². The van der Waals surface area contributed by atoms with E-state index in [1.807, 2.05) is 0 Å². The summed E-state index contributed by atoms with van der Waals surface area (Å²) in [6.07, 6.45) is 1.97. The molecule has 0 spiro atoms. The number of nitrogens with zero attached hydrogens (tertiary/aromatic N) is 2. The first kappa shape index (κ1) is 22.3. The maximum Gasteiger partial charge on any atom is 0.239 e. The minimum atomic E-state index is -0.365. The van der Waals surface area contributed by atoms with Crippen LogP contribution in [0.1, 0.15) is 11.1 Å². The molecule has 3 rings (SSSR count). The molecule has 1 atom stereocenters. The molecule has 0 bridgehead atoms. The van der Waals surface area contributed by atoms with E-state index in [1.165, 1.54) is 39.3 Å². The normalized spacial score (nSPS) is 17.4. The van der Waals surface area contributed by atoms with Crippen LogP contribution in [0.5, 0.6) is 17.2 Å². The Balaban J connectivity index is 1.72. The molecule has 1 heterocycles. The lowest BCUT2D eigenvalue weighted by molar-refractivity contribution is -0.118. The number of nitrogens with one attached hydrogen (secondary N) is 1. The van der Waals surface area contributed by atoms with Gasteiger partial charge in [-0.2, -0.15) is 5.10 Å². The fraction of sp³-hybridized carbons (Fsp3) is 0.250. The van der Waals surface area contributed by atoms with Crippen LogP contribution in [-0.2, 0) is 11.2 Å². The van der Waals surface area contributed by atoms with E-state index in [0.717, 1.165) is 5.56 Å². The number of rotatable bonds is 7. The van der Waals surface area contributed by atoms with Crippen LogP contribution >= 0.6 is 35.0 Å². The van der Waals surface area contributed by atoms with Gasteiger partial charge in [-0.25, -0.2) is 0 Å². The van der Waals surface area contributed by atoms with Gasteiger partial charge in [0.2, 0.25) is 11.7 Å². The van der Waals surface area contributed by atoms with Crippen LogP contribution in [0.15, 0.2) is 40.5 Å². The van der Waals surface area contributed by atoms with E-state index < -0.39 is 0 Å². The predicted octanol–water partition coefficient (Wildman–Crippen LogP) is 4.18. The van der Waals surface area contributed by atoms with Crippen molar-refractivity contribution in [2.75, 3.05) is 21.3 Å². The third-order valence-corrected chi connectivity index (χ3v) is 5.91. The molecule has 0 saturated carbocycles. The number of amidine groups is 1. The highest BCUT2D eigenvalue weighted by Crippen LogP contribution is 2.37. The number of hydrogen-bond donors (Lipinski definition) is 1. The number of carbonyl (C=O) groups excluding carboxylic acids is 1. The van der Waals surface area contributed by atoms with Gasteiger partial charge in [-0.15, -0.1) is 5.10 Å². The van der Waals surface area contributed by atoms with Gasteiger partial charge in [0.1, 0.15) is 0 Å². The van der Waals surface area contributed by atoms with E-state index in [-0.39, 0.29) is 11.2 Å². The van der Waals surface area contributed by atoms with Crippen molar-refractivity contribution < 1.29 is 19.0 Å². The standard InChI is InChI=1S/C20H19Cl2N3O4S/c1-27-15-6-11(7-16(28-2)18(15)29-3)10-23-25-20-24-19(26)17(30-20)9-12-8-13(21)4-5-14(12)22/h4-8,10,17H,9H2,1-3H3,(H,24,25,26). The number of halogens is 2. The van der Waals surface area contributed by atoms with Crippen LogP contribution in [0.4, 0.5) is 0 Å². The molecule has 1 fully saturated rings. The number of thioether (sulfide) groups is 1. The molecule has 1 aliphatic rings. The van der Waals surface area contributed by atoms with Gasteiger partial charge in [-0.1, -0.05) is 35.0 Å². The summed E-state index contributed by atoms with van der Waals surface area (Å²) in [5, 5.41) is 12.1. The monoisotopic (exact) mass is 467 g/mol. The molecule has 1 saturated heterocycles. The molecule has 1 unspecified atom stereocenters. The molecule has 2 aromatic rings. The molecule has 0 aliphatic carbocycles. The molecule has 1 N–H and O–H groups in total. The summed E-state index contributed by atoms with van der Waals surface area (Å²) in [5.74, 6) is 1.35. The van der Waals surface area contributed by atoms with Crippen molar-refractivity contribution in [3.8, 4) is 17.2 Å². The van der Waals surface area contributed by atoms with E-state index in [0.29, 0.717) is 44.4 Å². The summed E-state index contributed by atoms with van der Waals surface area (Å²) in [4.78, 5) is 12.3. The molecule has 2 aromatic carbocycles. The minimum absolute atomic E-state index is 0.155. The van der Waals surface area contributed by atoms with Gasteiger partial charge in [-0.05, 0) is 42.3 Å². The Kier molecular flexibility index (Phi) is 7.47. The van der Waals surface area contributed by atoms with Gasteiger partial charge < -0.3 is 19.5 Å². The van der Waals surface area contributed by atoms with Gasteiger partial charge >= 0.3 is 0 Å². The maximum absolute atomic E-state index is 12.3. The van der Waals surface area contributed by atoms with Gasteiger partial charge in [0, 0.05) is 15.6 Å². The first-order valence-electron chi connectivity index (χ1n) is 8.77. The zero-order valence-electron chi connectivity index (χ0n) is 16.4. The molecule has 158 valence electrons. The highest BCUT2D eigenvalue weighted by atomic mass is 35.5. The number of carbonyl (C=O) groups is 1. The summed E-state index contributed by atoms with van der Waals surface area (Å²) < 4.78 is 15.9. The highest BCUT2D eigenvalue weighted by Gasteiger charge is 2.31. The summed E-state index contributed by atoms with van der Waals surface area (Å²) in [7, 11) is 4.61. The van der Waals surface area contributed by atoms with Crippen LogP contribution < -0.4 is 19.5 Å². The molecule has 0 aromatic heterocycles. The molecule has 0 radical (unpaired) electrons. The number of hydrogen-bond acceptors (Lipinski definition) is 7. The van der Waals surface area contributed by atoms with E-state index in [1.54, 1.807) is 30.3 Å². The van der Waals surface area contributed by atoms with Gasteiger partial charge in [0.25, 0.3) is 0 Å². The summed E-state index contributed by atoms with van der Waals surface area (Å²) in [5.41, 5.74) is 1.50. The van der Waals surface area contributed by atoms with Crippen molar-refractivity contribution in [3.05, 3.63) is 51.5 Å². The van der Waals surface area contributed by atoms with Crippen molar-refractivity contribution in [3.63, 3.8) is 0 Å². The van der Waals surface area contributed by atoms with Gasteiger partial charge in [0.05, 0.1) is 32.8 Å². The Morgan fingerprint density at radius 2 is 1.80 bits per heavy atom. The highest BCUT2D eigenvalue weighted by molar-refractivity contribution is 8.15. The van der Waals surface area contributed by atoms with Crippen LogP contribution in [0.25, 0.3) is 0 Å². The lowest BCUT2D eigenvalue weighted by atomic mass is 10.1. The van der Waals surface area contributed by atoms with Crippen LogP contribution in [0.3, 0.4) is 0 Å². The van der Waals surface area contributed by atoms with Crippen LogP contribution in [0, 0.1) is 0 Å². The predicted molar refractivity (Wildman–Crippen MR) is 121 cm³/mol. The topological polar surface area (TPSA) is 81.5 Å². The number of benzene rings is 2. The lowest BCUT2D eigenvalue weighted by Gasteiger charge is -2.12. The number of amides is 1. The van der Waals surface area contributed by atoms with Crippen LogP contribution in [-0.4, -0.2) is 43.9 Å². The van der Waals surface area contributed by atoms with E-state index in [4.69, 9.17) is 37.4 Å². The molecular formula is C20H19Cl2N3O4S. The molecule has 30 heavy (non-hydrogen) atoms. The van der Waals surface area contributed by atoms with E-state index in [2.05, 4.69) is 15.5 Å². The van der Waals surface area contributed by atoms with E-state index >= 15 is 0 Å². The van der Waals surface area contributed by atoms with Crippen molar-refractivity contribution >= 4 is 52.3 Å². The average Bonchev–Trinajstić information content (AvgIpc) is 3.08. The third-order valence-electron chi connectivity index (χ3n) is 4.23. The second-order valence-corrected chi connectivity index (χ2v) is 8.18. The van der Waals surface area contributed by atoms with Crippen molar-refractivity contribution in [2.45, 2.75) is 11.7 Å². The molecule has 10 heteroatoms. The first-order chi connectivity index (χ1) is 14.4. The number of methoxy groups -OCH3 is 3. The van der Waals surface area contributed by atoms with Crippen molar-refractivity contribution in [1.29, 1.82) is 0 Å². The second kappa shape index (κ2) is 10.1. The smallest absolute Gasteiger partial charge is 0.239 e. The minimum Gasteiger partial charge on any atom is -0.493 e. The largest absolute Gasteiger partial charge is 0.493 e. The fourth-order valence-electron chi connectivity index (χ4n) is 2.81. The van der Waals surface area contributed by atoms with Gasteiger partial charge in [0.15, 0.2) is 16.7 Å². The molecule has 7 nitrogen and oxygen atoms in total. The Bertz CT molecular complexity index is 989. The third kappa shape index (κ3) is 5.19. The zero-order chi connectivity index (χ0) is 21.7. The van der Waals surface area contributed by atoms with Crippen molar-refractivity contribution in [2.24, 2.45) is 10.2 Å². The zero-order valence-corrected chi connectivity index (χ0v) is 18.8. The lowest BCUT2D eigenvalue weighted by Crippen LogP contribution is -2.26. The first-order valence-corrected chi connectivity index (χ1v) is 10.4. The number of ether oxygens (including phenoxy) is 3. The Labute approximate surface area is 188 Å². The fourth-order valence-corrected chi connectivity index (χ4v) is 4.15. The summed E-state index contributed by atoms with van der Waals surface area (Å²) in [6.45, 7) is 0. The van der Waals surface area contributed by atoms with E-state index in [9.17, 15) is 4.79 Å². The molecular weight excluding hydrogens is 449 g/mol. The van der Waals surface area contributed by atoms with Crippen molar-refractivity contribution in [1.82, 2.24) is 5.32 Å². The Morgan fingerprint density at radius 1 is 1.10 bits per heavy atom.